The lowest BCUT2D eigenvalue weighted by Crippen LogP contribution is -2.40. The van der Waals surface area contributed by atoms with E-state index in [-0.39, 0.29) is 30.4 Å². The van der Waals surface area contributed by atoms with Crippen LogP contribution < -0.4 is 4.74 Å². The van der Waals surface area contributed by atoms with Gasteiger partial charge in [0, 0.05) is 0 Å². The van der Waals surface area contributed by atoms with Crippen LogP contribution in [0.4, 0.5) is 4.39 Å². The van der Waals surface area contributed by atoms with Crippen LogP contribution in [0.3, 0.4) is 0 Å². The van der Waals surface area contributed by atoms with Crippen molar-refractivity contribution in [2.45, 2.75) is 49.5 Å². The number of alkyl halides is 1. The molecule has 0 spiro atoms. The van der Waals surface area contributed by atoms with Gasteiger partial charge in [0.1, 0.15) is 17.9 Å². The molecule has 0 bridgehead atoms. The molecule has 5 rings (SSSR count). The number of benzene rings is 2. The SMILES string of the molecule is CCOc1nc(SC)nn2c([C@]3(O)OC(COCc4ccccc4)[C@@H](OCc4ccccc4)[C@H]3F)cnc12. The van der Waals surface area contributed by atoms with Crippen LogP contribution in [0.5, 0.6) is 5.88 Å². The summed E-state index contributed by atoms with van der Waals surface area (Å²) in [5.41, 5.74) is 2.09. The maximum Gasteiger partial charge on any atom is 0.262 e. The van der Waals surface area contributed by atoms with E-state index >= 15 is 4.39 Å². The highest BCUT2D eigenvalue weighted by atomic mass is 32.2. The third-order valence-electron chi connectivity index (χ3n) is 6.18. The number of ether oxygens (including phenoxy) is 4. The maximum atomic E-state index is 16.2. The molecule has 4 aromatic rings. The Labute approximate surface area is 223 Å². The molecule has 38 heavy (non-hydrogen) atoms. The molecule has 1 unspecified atom stereocenters. The summed E-state index contributed by atoms with van der Waals surface area (Å²) in [7, 11) is 0. The molecule has 1 fully saturated rings. The summed E-state index contributed by atoms with van der Waals surface area (Å²) in [6.07, 6.45) is -0.847. The molecule has 0 amide bonds. The van der Waals surface area contributed by atoms with Gasteiger partial charge in [-0.05, 0) is 24.3 Å². The molecular weight excluding hydrogens is 511 g/mol. The number of aromatic nitrogens is 4. The van der Waals surface area contributed by atoms with Gasteiger partial charge in [-0.25, -0.2) is 13.9 Å². The predicted octanol–water partition coefficient (Wildman–Crippen LogP) is 3.93. The van der Waals surface area contributed by atoms with E-state index in [2.05, 4.69) is 15.1 Å². The Morgan fingerprint density at radius 1 is 1.08 bits per heavy atom. The van der Waals surface area contributed by atoms with E-state index in [0.717, 1.165) is 11.1 Å². The Morgan fingerprint density at radius 2 is 1.76 bits per heavy atom. The second-order valence-corrected chi connectivity index (χ2v) is 9.51. The first-order valence-electron chi connectivity index (χ1n) is 12.3. The first-order chi connectivity index (χ1) is 18.5. The third-order valence-corrected chi connectivity index (χ3v) is 6.72. The molecule has 1 saturated heterocycles. The van der Waals surface area contributed by atoms with Crippen LogP contribution in [-0.2, 0) is 33.2 Å². The van der Waals surface area contributed by atoms with Crippen molar-refractivity contribution in [2.24, 2.45) is 0 Å². The molecule has 2 aromatic carbocycles. The fourth-order valence-corrected chi connectivity index (χ4v) is 4.67. The van der Waals surface area contributed by atoms with Crippen molar-refractivity contribution in [3.05, 3.63) is 83.7 Å². The van der Waals surface area contributed by atoms with E-state index in [1.165, 1.54) is 22.5 Å². The van der Waals surface area contributed by atoms with Crippen LogP contribution in [-0.4, -0.2) is 62.5 Å². The van der Waals surface area contributed by atoms with Crippen LogP contribution in [0.25, 0.3) is 5.65 Å². The Bertz CT molecular complexity index is 1350. The first-order valence-corrected chi connectivity index (χ1v) is 13.5. The lowest BCUT2D eigenvalue weighted by atomic mass is 10.0. The average Bonchev–Trinajstić information content (AvgIpc) is 3.48. The van der Waals surface area contributed by atoms with Crippen molar-refractivity contribution in [1.29, 1.82) is 0 Å². The molecular formula is C27H29FN4O5S. The standard InChI is InChI=1S/C27H29FN4O5S/c1-3-35-25-24-29-14-21(32(24)31-26(30-25)38-2)27(33)23(28)22(36-16-19-12-8-5-9-13-19)20(37-27)17-34-15-18-10-6-4-7-11-18/h4-14,20,22-23,33H,3,15-17H2,1-2H3/t20?,22-,23-,27+/m1/s1. The molecule has 1 N–H and O–H groups in total. The minimum absolute atomic E-state index is 0.00303. The van der Waals surface area contributed by atoms with Gasteiger partial charge in [0.2, 0.25) is 16.6 Å². The zero-order valence-corrected chi connectivity index (χ0v) is 21.9. The summed E-state index contributed by atoms with van der Waals surface area (Å²) in [6, 6.07) is 19.0. The normalized spacial score (nSPS) is 23.2. The largest absolute Gasteiger partial charge is 0.475 e. The van der Waals surface area contributed by atoms with E-state index in [0.29, 0.717) is 18.4 Å². The molecule has 0 saturated carbocycles. The number of hydrogen-bond acceptors (Lipinski definition) is 9. The van der Waals surface area contributed by atoms with Crippen LogP contribution in [0.1, 0.15) is 23.7 Å². The number of fused-ring (bicyclic) bond motifs is 1. The first kappa shape index (κ1) is 26.5. The van der Waals surface area contributed by atoms with E-state index < -0.39 is 24.2 Å². The molecule has 4 atom stereocenters. The maximum absolute atomic E-state index is 16.2. The third kappa shape index (κ3) is 5.38. The summed E-state index contributed by atoms with van der Waals surface area (Å²) in [4.78, 5) is 8.65. The molecule has 3 heterocycles. The number of thioether (sulfide) groups is 1. The molecule has 0 radical (unpaired) electrons. The van der Waals surface area contributed by atoms with Crippen LogP contribution in [0.15, 0.2) is 72.0 Å². The lowest BCUT2D eigenvalue weighted by Gasteiger charge is -2.24. The van der Waals surface area contributed by atoms with E-state index in [1.54, 1.807) is 6.26 Å². The fraction of sp³-hybridized carbons (Fsp3) is 0.370. The van der Waals surface area contributed by atoms with E-state index in [9.17, 15) is 5.11 Å². The van der Waals surface area contributed by atoms with Gasteiger partial charge in [-0.15, -0.1) is 5.10 Å². The van der Waals surface area contributed by atoms with Gasteiger partial charge in [-0.2, -0.15) is 4.98 Å². The fourth-order valence-electron chi connectivity index (χ4n) is 4.33. The van der Waals surface area contributed by atoms with E-state index in [1.807, 2.05) is 67.6 Å². The van der Waals surface area contributed by atoms with Crippen LogP contribution >= 0.6 is 11.8 Å². The van der Waals surface area contributed by atoms with Crippen molar-refractivity contribution in [1.82, 2.24) is 19.6 Å². The zero-order valence-electron chi connectivity index (χ0n) is 21.1. The second-order valence-electron chi connectivity index (χ2n) is 8.73. The average molecular weight is 541 g/mol. The second kappa shape index (κ2) is 11.7. The highest BCUT2D eigenvalue weighted by Gasteiger charge is 2.59. The number of nitrogens with zero attached hydrogens (tertiary/aromatic N) is 4. The Morgan fingerprint density at radius 3 is 2.42 bits per heavy atom. The molecule has 9 nitrogen and oxygen atoms in total. The van der Waals surface area contributed by atoms with Crippen molar-refractivity contribution in [2.75, 3.05) is 19.5 Å². The van der Waals surface area contributed by atoms with Gasteiger partial charge in [0.05, 0.1) is 32.6 Å². The summed E-state index contributed by atoms with van der Waals surface area (Å²) in [6.45, 7) is 2.62. The van der Waals surface area contributed by atoms with Gasteiger partial charge in [0.25, 0.3) is 5.88 Å². The number of hydrogen-bond donors (Lipinski definition) is 1. The predicted molar refractivity (Wildman–Crippen MR) is 139 cm³/mol. The summed E-state index contributed by atoms with van der Waals surface area (Å²) in [5.74, 6) is -2.16. The summed E-state index contributed by atoms with van der Waals surface area (Å²) >= 11 is 1.28. The van der Waals surface area contributed by atoms with Crippen molar-refractivity contribution in [3.63, 3.8) is 0 Å². The highest BCUT2D eigenvalue weighted by molar-refractivity contribution is 7.98. The zero-order chi connectivity index (χ0) is 26.5. The topological polar surface area (TPSA) is 100 Å². The van der Waals surface area contributed by atoms with Crippen molar-refractivity contribution >= 4 is 17.4 Å². The minimum atomic E-state index is -2.39. The molecule has 1 aliphatic rings. The lowest BCUT2D eigenvalue weighted by molar-refractivity contribution is -0.232. The smallest absolute Gasteiger partial charge is 0.262 e. The summed E-state index contributed by atoms with van der Waals surface area (Å²) < 4.78 is 41.0. The van der Waals surface area contributed by atoms with Crippen LogP contribution in [0.2, 0.25) is 0 Å². The van der Waals surface area contributed by atoms with Crippen molar-refractivity contribution < 1.29 is 28.4 Å². The monoisotopic (exact) mass is 540 g/mol. The number of rotatable bonds is 11. The summed E-state index contributed by atoms with van der Waals surface area (Å²) in [5, 5.41) is 16.4. The molecule has 1 aliphatic heterocycles. The Hall–Kier alpha value is -3.09. The highest BCUT2D eigenvalue weighted by Crippen LogP contribution is 2.42. The van der Waals surface area contributed by atoms with Gasteiger partial charge in [0.15, 0.2) is 6.17 Å². The van der Waals surface area contributed by atoms with Gasteiger partial charge in [-0.1, -0.05) is 72.4 Å². The number of aliphatic hydroxyl groups is 1. The van der Waals surface area contributed by atoms with Gasteiger partial charge < -0.3 is 24.1 Å². The Balaban J connectivity index is 1.44. The number of halogens is 1. The van der Waals surface area contributed by atoms with Crippen molar-refractivity contribution in [3.8, 4) is 5.88 Å². The van der Waals surface area contributed by atoms with E-state index in [4.69, 9.17) is 18.9 Å². The quantitative estimate of drug-likeness (QED) is 0.284. The molecule has 200 valence electrons. The molecule has 2 aromatic heterocycles. The van der Waals surface area contributed by atoms with Gasteiger partial charge in [-0.3, -0.25) is 0 Å². The number of imidazole rings is 1. The minimum Gasteiger partial charge on any atom is -0.475 e. The molecule has 11 heteroatoms. The Kier molecular flexibility index (Phi) is 8.20. The molecule has 0 aliphatic carbocycles. The van der Waals surface area contributed by atoms with Gasteiger partial charge >= 0.3 is 0 Å². The van der Waals surface area contributed by atoms with Crippen LogP contribution in [0, 0.1) is 0 Å².